The number of carbonyl (C=O) groups is 1. The molecule has 1 amide bonds. The molecule has 2 aliphatic carbocycles. The Morgan fingerprint density at radius 3 is 2.57 bits per heavy atom. The number of nitrogens with one attached hydrogen (secondary N) is 1. The number of aromatic nitrogens is 2. The summed E-state index contributed by atoms with van der Waals surface area (Å²) in [5.74, 6) is -0.0639. The quantitative estimate of drug-likeness (QED) is 0.667. The lowest BCUT2D eigenvalue weighted by molar-refractivity contribution is 0.0951. The zero-order valence-corrected chi connectivity index (χ0v) is 17.9. The maximum absolute atomic E-state index is 13.0. The standard InChI is InChI=1S/C23H28BrN3O/c1-16(17-11-13-18(24)14-12-17)15-25-23(28)22-20-9-5-6-10-21(20)27(26-22)19-7-3-2-4-8-19/h11-14,19H,1-10,15H2,(H,25,28). The fraction of sp³-hybridized carbons (Fsp3) is 0.478. The maximum atomic E-state index is 13.0. The SMILES string of the molecule is C=C(CNC(=O)c1nn(C2CCCCC2)c2c1CCCC2)c1ccc(Br)cc1. The number of fused-ring (bicyclic) bond motifs is 1. The molecule has 2 aliphatic rings. The van der Waals surface area contributed by atoms with Crippen LogP contribution in [0.15, 0.2) is 35.3 Å². The van der Waals surface area contributed by atoms with E-state index in [9.17, 15) is 4.79 Å². The van der Waals surface area contributed by atoms with Gasteiger partial charge in [0.05, 0.1) is 6.04 Å². The minimum Gasteiger partial charge on any atom is -0.347 e. The molecule has 0 saturated heterocycles. The summed E-state index contributed by atoms with van der Waals surface area (Å²) in [4.78, 5) is 13.0. The van der Waals surface area contributed by atoms with E-state index in [1.807, 2.05) is 24.3 Å². The number of halogens is 1. The largest absolute Gasteiger partial charge is 0.347 e. The van der Waals surface area contributed by atoms with Gasteiger partial charge in [0.25, 0.3) is 5.91 Å². The Morgan fingerprint density at radius 2 is 1.82 bits per heavy atom. The zero-order chi connectivity index (χ0) is 19.5. The zero-order valence-electron chi connectivity index (χ0n) is 16.3. The minimum atomic E-state index is -0.0639. The molecule has 148 valence electrons. The van der Waals surface area contributed by atoms with Gasteiger partial charge in [0.15, 0.2) is 5.69 Å². The van der Waals surface area contributed by atoms with E-state index in [1.165, 1.54) is 49.8 Å². The van der Waals surface area contributed by atoms with E-state index in [-0.39, 0.29) is 5.91 Å². The first-order valence-corrected chi connectivity index (χ1v) is 11.2. The Labute approximate surface area is 175 Å². The van der Waals surface area contributed by atoms with Gasteiger partial charge in [-0.15, -0.1) is 0 Å². The van der Waals surface area contributed by atoms with Crippen LogP contribution < -0.4 is 5.32 Å². The normalized spacial score (nSPS) is 17.2. The van der Waals surface area contributed by atoms with Crippen molar-refractivity contribution in [3.63, 3.8) is 0 Å². The van der Waals surface area contributed by atoms with Crippen molar-refractivity contribution >= 4 is 27.4 Å². The number of rotatable bonds is 5. The topological polar surface area (TPSA) is 46.9 Å². The second kappa shape index (κ2) is 8.64. The lowest BCUT2D eigenvalue weighted by Gasteiger charge is -2.25. The van der Waals surface area contributed by atoms with Crippen molar-refractivity contribution in [3.8, 4) is 0 Å². The Balaban J connectivity index is 1.50. The maximum Gasteiger partial charge on any atom is 0.272 e. The van der Waals surface area contributed by atoms with Gasteiger partial charge in [-0.2, -0.15) is 5.10 Å². The highest BCUT2D eigenvalue weighted by atomic mass is 79.9. The molecular weight excluding hydrogens is 414 g/mol. The summed E-state index contributed by atoms with van der Waals surface area (Å²) < 4.78 is 3.25. The van der Waals surface area contributed by atoms with Crippen molar-refractivity contribution in [2.24, 2.45) is 0 Å². The summed E-state index contributed by atoms with van der Waals surface area (Å²) in [5, 5.41) is 7.90. The lowest BCUT2D eigenvalue weighted by Crippen LogP contribution is -2.27. The van der Waals surface area contributed by atoms with Gasteiger partial charge in [-0.3, -0.25) is 9.48 Å². The number of hydrogen-bond acceptors (Lipinski definition) is 2. The number of amides is 1. The molecule has 0 unspecified atom stereocenters. The molecule has 5 heteroatoms. The minimum absolute atomic E-state index is 0.0639. The average molecular weight is 442 g/mol. The van der Waals surface area contributed by atoms with Crippen LogP contribution in [0.5, 0.6) is 0 Å². The van der Waals surface area contributed by atoms with Crippen LogP contribution in [-0.2, 0) is 12.8 Å². The molecule has 1 aromatic heterocycles. The molecule has 28 heavy (non-hydrogen) atoms. The second-order valence-corrected chi connectivity index (χ2v) is 8.93. The van der Waals surface area contributed by atoms with Gasteiger partial charge in [-0.1, -0.05) is 53.9 Å². The smallest absolute Gasteiger partial charge is 0.272 e. The molecule has 1 heterocycles. The number of hydrogen-bond donors (Lipinski definition) is 1. The van der Waals surface area contributed by atoms with E-state index in [0.717, 1.165) is 34.9 Å². The summed E-state index contributed by atoms with van der Waals surface area (Å²) in [7, 11) is 0. The van der Waals surface area contributed by atoms with E-state index in [2.05, 4.69) is 32.5 Å². The van der Waals surface area contributed by atoms with Crippen LogP contribution in [0.25, 0.3) is 5.57 Å². The van der Waals surface area contributed by atoms with Crippen molar-refractivity contribution in [1.82, 2.24) is 15.1 Å². The van der Waals surface area contributed by atoms with Gasteiger partial charge in [-0.05, 0) is 61.8 Å². The summed E-state index contributed by atoms with van der Waals surface area (Å²) in [6, 6.07) is 8.48. The summed E-state index contributed by atoms with van der Waals surface area (Å²) in [6.45, 7) is 4.57. The molecule has 1 saturated carbocycles. The third kappa shape index (κ3) is 4.09. The molecule has 1 N–H and O–H groups in total. The van der Waals surface area contributed by atoms with Crippen molar-refractivity contribution in [2.45, 2.75) is 63.8 Å². The molecule has 4 rings (SSSR count). The van der Waals surface area contributed by atoms with E-state index in [0.29, 0.717) is 18.3 Å². The molecular formula is C23H28BrN3O. The monoisotopic (exact) mass is 441 g/mol. The molecule has 0 spiro atoms. The second-order valence-electron chi connectivity index (χ2n) is 8.01. The molecule has 1 aromatic carbocycles. The van der Waals surface area contributed by atoms with Crippen molar-refractivity contribution in [3.05, 3.63) is 57.8 Å². The first kappa shape index (κ1) is 19.4. The first-order chi connectivity index (χ1) is 13.6. The highest BCUT2D eigenvalue weighted by molar-refractivity contribution is 9.10. The average Bonchev–Trinajstić information content (AvgIpc) is 3.13. The first-order valence-electron chi connectivity index (χ1n) is 10.5. The van der Waals surface area contributed by atoms with E-state index >= 15 is 0 Å². The predicted octanol–water partition coefficient (Wildman–Crippen LogP) is 5.47. The number of benzene rings is 1. The molecule has 2 aromatic rings. The summed E-state index contributed by atoms with van der Waals surface area (Å²) >= 11 is 3.45. The third-order valence-electron chi connectivity index (χ3n) is 6.06. The van der Waals surface area contributed by atoms with Crippen molar-refractivity contribution < 1.29 is 4.79 Å². The van der Waals surface area contributed by atoms with E-state index in [4.69, 9.17) is 5.10 Å². The van der Waals surface area contributed by atoms with Gasteiger partial charge in [0.1, 0.15) is 0 Å². The molecule has 4 nitrogen and oxygen atoms in total. The fourth-order valence-electron chi connectivity index (χ4n) is 4.49. The molecule has 0 aliphatic heterocycles. The highest BCUT2D eigenvalue weighted by Crippen LogP contribution is 2.33. The van der Waals surface area contributed by atoms with Gasteiger partial charge < -0.3 is 5.32 Å². The van der Waals surface area contributed by atoms with Gasteiger partial charge in [0.2, 0.25) is 0 Å². The molecule has 0 radical (unpaired) electrons. The molecule has 0 atom stereocenters. The predicted molar refractivity (Wildman–Crippen MR) is 117 cm³/mol. The fourth-order valence-corrected chi connectivity index (χ4v) is 4.76. The van der Waals surface area contributed by atoms with Crippen LogP contribution >= 0.6 is 15.9 Å². The summed E-state index contributed by atoms with van der Waals surface area (Å²) in [6.07, 6.45) is 10.6. The third-order valence-corrected chi connectivity index (χ3v) is 6.59. The Bertz CT molecular complexity index is 863. The van der Waals surface area contributed by atoms with Gasteiger partial charge >= 0.3 is 0 Å². The van der Waals surface area contributed by atoms with Crippen LogP contribution in [-0.4, -0.2) is 22.2 Å². The van der Waals surface area contributed by atoms with E-state index in [1.54, 1.807) is 0 Å². The summed E-state index contributed by atoms with van der Waals surface area (Å²) in [5.41, 5.74) is 5.09. The van der Waals surface area contributed by atoms with Crippen molar-refractivity contribution in [1.29, 1.82) is 0 Å². The van der Waals surface area contributed by atoms with Crippen LogP contribution in [0.4, 0.5) is 0 Å². The lowest BCUT2D eigenvalue weighted by atomic mass is 9.92. The highest BCUT2D eigenvalue weighted by Gasteiger charge is 2.28. The van der Waals surface area contributed by atoms with Gasteiger partial charge in [0, 0.05) is 22.3 Å². The Kier molecular flexibility index (Phi) is 6.00. The van der Waals surface area contributed by atoms with Crippen LogP contribution in [0.2, 0.25) is 0 Å². The van der Waals surface area contributed by atoms with Gasteiger partial charge in [-0.25, -0.2) is 0 Å². The van der Waals surface area contributed by atoms with Crippen LogP contribution in [0.3, 0.4) is 0 Å². The van der Waals surface area contributed by atoms with Crippen LogP contribution in [0.1, 0.15) is 78.3 Å². The van der Waals surface area contributed by atoms with Crippen molar-refractivity contribution in [2.75, 3.05) is 6.54 Å². The Morgan fingerprint density at radius 1 is 1.11 bits per heavy atom. The molecule has 1 fully saturated rings. The molecule has 0 bridgehead atoms. The Hall–Kier alpha value is -1.88. The number of nitrogens with zero attached hydrogens (tertiary/aromatic N) is 2. The number of carbonyl (C=O) groups excluding carboxylic acids is 1. The van der Waals surface area contributed by atoms with Crippen LogP contribution in [0, 0.1) is 0 Å². The van der Waals surface area contributed by atoms with E-state index < -0.39 is 0 Å².